The zero-order valence-corrected chi connectivity index (χ0v) is 35.1. The fourth-order valence-corrected chi connectivity index (χ4v) is 9.80. The Hall–Kier alpha value is -4.19. The number of anilines is 2. The number of carbonyl (C=O) groups excluding carboxylic acids is 2. The molecule has 0 radical (unpaired) electrons. The van der Waals surface area contributed by atoms with E-state index in [1.165, 1.54) is 19.3 Å². The zero-order chi connectivity index (χ0) is 40.4. The van der Waals surface area contributed by atoms with Gasteiger partial charge in [0.1, 0.15) is 0 Å². The highest BCUT2D eigenvalue weighted by Crippen LogP contribution is 2.41. The summed E-state index contributed by atoms with van der Waals surface area (Å²) < 4.78 is 3.82. The largest absolute Gasteiger partial charge is 0.481 e. The highest BCUT2D eigenvalue weighted by molar-refractivity contribution is 6.40. The predicted octanol–water partition coefficient (Wildman–Crippen LogP) is 9.34. The molecule has 2 aromatic carbocycles. The van der Waals surface area contributed by atoms with Crippen LogP contribution in [0.25, 0.3) is 11.1 Å². The number of halogens is 2. The topological polar surface area (TPSA) is 134 Å². The van der Waals surface area contributed by atoms with Crippen molar-refractivity contribution >= 4 is 52.4 Å². The van der Waals surface area contributed by atoms with Crippen LogP contribution in [0.5, 0.6) is 0 Å². The highest BCUT2D eigenvalue weighted by Gasteiger charge is 2.29. The number of fused-ring (bicyclic) bond motifs is 2. The van der Waals surface area contributed by atoms with Crippen LogP contribution in [0.2, 0.25) is 10.0 Å². The maximum absolute atomic E-state index is 13.8. The van der Waals surface area contributed by atoms with Crippen LogP contribution in [0.3, 0.4) is 0 Å². The van der Waals surface area contributed by atoms with Gasteiger partial charge in [0.25, 0.3) is 11.8 Å². The summed E-state index contributed by atoms with van der Waals surface area (Å²) in [4.78, 5) is 50.6. The molecule has 3 aliphatic rings. The summed E-state index contributed by atoms with van der Waals surface area (Å²) >= 11 is 14.0. The van der Waals surface area contributed by atoms with Crippen LogP contribution in [0.1, 0.15) is 122 Å². The molecule has 1 unspecified atom stereocenters. The predicted molar refractivity (Wildman–Crippen MR) is 225 cm³/mol. The number of amides is 2. The molecule has 1 fully saturated rings. The lowest BCUT2D eigenvalue weighted by Gasteiger charge is -2.29. The van der Waals surface area contributed by atoms with Crippen molar-refractivity contribution in [2.45, 2.75) is 110 Å². The summed E-state index contributed by atoms with van der Waals surface area (Å²) in [6.07, 6.45) is 13.1. The van der Waals surface area contributed by atoms with Gasteiger partial charge in [0.05, 0.1) is 38.7 Å². The Balaban J connectivity index is 0.991. The molecule has 1 atom stereocenters. The van der Waals surface area contributed by atoms with Gasteiger partial charge in [0.15, 0.2) is 11.6 Å². The van der Waals surface area contributed by atoms with Crippen molar-refractivity contribution in [2.75, 3.05) is 17.2 Å². The summed E-state index contributed by atoms with van der Waals surface area (Å²) in [6.45, 7) is 5.96. The van der Waals surface area contributed by atoms with Crippen LogP contribution in [-0.2, 0) is 44.7 Å². The van der Waals surface area contributed by atoms with Crippen LogP contribution in [-0.4, -0.2) is 59.5 Å². The Labute approximate surface area is 345 Å². The lowest BCUT2D eigenvalue weighted by Crippen LogP contribution is -2.36. The second-order valence-corrected chi connectivity index (χ2v) is 17.4. The van der Waals surface area contributed by atoms with Crippen LogP contribution < -0.4 is 10.6 Å². The van der Waals surface area contributed by atoms with Crippen molar-refractivity contribution in [1.82, 2.24) is 24.0 Å². The normalized spacial score (nSPS) is 20.0. The molecule has 13 heteroatoms. The van der Waals surface area contributed by atoms with Gasteiger partial charge < -0.3 is 24.9 Å². The lowest BCUT2D eigenvalue weighted by molar-refractivity contribution is -0.143. The summed E-state index contributed by atoms with van der Waals surface area (Å²) in [7, 11) is 3.80. The van der Waals surface area contributed by atoms with Crippen molar-refractivity contribution < 1.29 is 19.5 Å². The van der Waals surface area contributed by atoms with E-state index in [9.17, 15) is 19.5 Å². The smallest absolute Gasteiger partial charge is 0.306 e. The van der Waals surface area contributed by atoms with Gasteiger partial charge in [-0.3, -0.25) is 19.3 Å². The van der Waals surface area contributed by atoms with Gasteiger partial charge in [0.2, 0.25) is 0 Å². The van der Waals surface area contributed by atoms with Crippen molar-refractivity contribution in [1.29, 1.82) is 0 Å². The number of nitrogens with one attached hydrogen (secondary N) is 2. The number of nitrogens with zero attached hydrogens (tertiary/aromatic N) is 5. The molecule has 1 saturated carbocycles. The lowest BCUT2D eigenvalue weighted by atomic mass is 9.79. The maximum atomic E-state index is 13.8. The number of hydrogen-bond donors (Lipinski definition) is 3. The van der Waals surface area contributed by atoms with Crippen molar-refractivity contribution in [3.8, 4) is 11.1 Å². The van der Waals surface area contributed by atoms with Crippen LogP contribution in [0.15, 0.2) is 36.4 Å². The fraction of sp³-hybridized carbons (Fsp3) is 0.523. The van der Waals surface area contributed by atoms with Gasteiger partial charge in [-0.1, -0.05) is 73.2 Å². The molecule has 2 aliphatic carbocycles. The number of rotatable bonds is 11. The van der Waals surface area contributed by atoms with Crippen LogP contribution >= 0.6 is 23.2 Å². The summed E-state index contributed by atoms with van der Waals surface area (Å²) in [6, 6.07) is 11.2. The molecule has 2 aromatic heterocycles. The molecule has 11 nitrogen and oxygen atoms in total. The minimum atomic E-state index is -0.638. The number of carboxylic acid groups (broad SMARTS) is 1. The third-order valence-electron chi connectivity index (χ3n) is 12.7. The highest BCUT2D eigenvalue weighted by atomic mass is 35.5. The molecule has 3 heterocycles. The molecule has 304 valence electrons. The van der Waals surface area contributed by atoms with E-state index in [0.29, 0.717) is 68.6 Å². The maximum Gasteiger partial charge on any atom is 0.306 e. The van der Waals surface area contributed by atoms with Crippen molar-refractivity contribution in [3.05, 3.63) is 80.9 Å². The second kappa shape index (κ2) is 17.7. The van der Waals surface area contributed by atoms with E-state index in [4.69, 9.17) is 33.2 Å². The molecule has 2 amide bonds. The minimum absolute atomic E-state index is 0.153. The van der Waals surface area contributed by atoms with Gasteiger partial charge >= 0.3 is 5.97 Å². The second-order valence-electron chi connectivity index (χ2n) is 16.6. The average Bonchev–Trinajstić information content (AvgIpc) is 3.68. The number of carboxylic acids is 1. The van der Waals surface area contributed by atoms with E-state index in [1.54, 1.807) is 12.1 Å². The number of imidazole rings is 2. The van der Waals surface area contributed by atoms with Crippen LogP contribution in [0.4, 0.5) is 11.4 Å². The van der Waals surface area contributed by atoms with Gasteiger partial charge in [-0.05, 0) is 89.2 Å². The zero-order valence-electron chi connectivity index (χ0n) is 33.5. The molecule has 0 bridgehead atoms. The first-order chi connectivity index (χ1) is 27.4. The Morgan fingerprint density at radius 3 is 1.86 bits per heavy atom. The quantitative estimate of drug-likeness (QED) is 0.137. The molecular formula is C44H55Cl2N7O4. The number of benzene rings is 2. The summed E-state index contributed by atoms with van der Waals surface area (Å²) in [5.41, 5.74) is 6.20. The Morgan fingerprint density at radius 1 is 0.754 bits per heavy atom. The van der Waals surface area contributed by atoms with E-state index in [0.717, 1.165) is 93.5 Å². The van der Waals surface area contributed by atoms with Gasteiger partial charge in [-0.25, -0.2) is 9.97 Å². The minimum Gasteiger partial charge on any atom is -0.481 e. The van der Waals surface area contributed by atoms with E-state index in [2.05, 4.69) is 29.4 Å². The first-order valence-electron chi connectivity index (χ1n) is 20.6. The van der Waals surface area contributed by atoms with Gasteiger partial charge in [-0.15, -0.1) is 0 Å². The number of aliphatic carboxylic acids is 1. The number of carbonyl (C=O) groups is 3. The SMILES string of the molecule is CC(C)N1CCc2c(nc(C(=O)Nc3cccc(-c4cccc(NC(=O)c5nc6c(n5C)CCC(CCCC5CCC(C(=O)O)CC5)CCC6)c4Cl)c3Cl)n2C)C1. The number of aryl methyl sites for hydroxylation is 1. The van der Waals surface area contributed by atoms with E-state index in [-0.39, 0.29) is 17.7 Å². The molecule has 4 aromatic rings. The third-order valence-corrected chi connectivity index (χ3v) is 13.6. The summed E-state index contributed by atoms with van der Waals surface area (Å²) in [5.74, 6) is 0.510. The van der Waals surface area contributed by atoms with E-state index < -0.39 is 5.97 Å². The molecule has 3 N–H and O–H groups in total. The Bertz CT molecular complexity index is 2130. The summed E-state index contributed by atoms with van der Waals surface area (Å²) in [5, 5.41) is 15.9. The molecule has 57 heavy (non-hydrogen) atoms. The van der Waals surface area contributed by atoms with E-state index >= 15 is 0 Å². The van der Waals surface area contributed by atoms with Gasteiger partial charge in [0, 0.05) is 62.2 Å². The average molecular weight is 817 g/mol. The first-order valence-corrected chi connectivity index (χ1v) is 21.4. The van der Waals surface area contributed by atoms with Crippen LogP contribution in [0, 0.1) is 17.8 Å². The number of aromatic nitrogens is 4. The van der Waals surface area contributed by atoms with E-state index in [1.807, 2.05) is 47.5 Å². The van der Waals surface area contributed by atoms with Crippen molar-refractivity contribution in [2.24, 2.45) is 31.8 Å². The molecule has 0 spiro atoms. The molecule has 7 rings (SSSR count). The Morgan fingerprint density at radius 2 is 1.30 bits per heavy atom. The van der Waals surface area contributed by atoms with Gasteiger partial charge in [-0.2, -0.15) is 0 Å². The molecule has 1 aliphatic heterocycles. The monoisotopic (exact) mass is 815 g/mol. The van der Waals surface area contributed by atoms with Crippen molar-refractivity contribution in [3.63, 3.8) is 0 Å². The standard InChI is InChI=1S/C44H55Cl2N7O4/c1-26(2)53-24-23-37-35(25-53)48-41(52(37)4)43(55)50-34-16-8-13-31(39(34)46)30-12-7-15-33(38(30)45)49-42(54)40-47-32-14-6-11-27(19-22-36(32)51(40)3)9-5-10-28-17-20-29(21-18-28)44(56)57/h7-8,12-13,15-16,26-29H,5-6,9-11,14,17-25H2,1-4H3,(H,49,54)(H,50,55)(H,56,57). The molecular weight excluding hydrogens is 761 g/mol. The Kier molecular flexibility index (Phi) is 12.8. The fourth-order valence-electron chi connectivity index (χ4n) is 9.25. The molecule has 0 saturated heterocycles. The first kappa shape index (κ1) is 41.0. The number of hydrogen-bond acceptors (Lipinski definition) is 6. The third kappa shape index (κ3) is 8.95.